The highest BCUT2D eigenvalue weighted by molar-refractivity contribution is 9.10. The van der Waals surface area contributed by atoms with E-state index >= 15 is 0 Å². The molecule has 2 aromatic carbocycles. The van der Waals surface area contributed by atoms with Crippen LogP contribution in [-0.4, -0.2) is 45.8 Å². The van der Waals surface area contributed by atoms with E-state index in [-0.39, 0.29) is 23.3 Å². The third-order valence-electron chi connectivity index (χ3n) is 4.17. The molecular formula is C19H17BrN4O3S. The fraction of sp³-hybridized carbons (Fsp3) is 0.158. The van der Waals surface area contributed by atoms with E-state index in [2.05, 4.69) is 26.7 Å². The highest BCUT2D eigenvalue weighted by atomic mass is 79.9. The molecule has 1 aliphatic heterocycles. The van der Waals surface area contributed by atoms with Crippen molar-refractivity contribution < 1.29 is 14.4 Å². The maximum absolute atomic E-state index is 12.5. The molecule has 0 bridgehead atoms. The molecule has 2 aromatic rings. The van der Waals surface area contributed by atoms with Crippen molar-refractivity contribution in [3.05, 3.63) is 64.6 Å². The summed E-state index contributed by atoms with van der Waals surface area (Å²) in [6, 6.07) is 14.8. The number of halogens is 1. The van der Waals surface area contributed by atoms with Gasteiger partial charge in [0, 0.05) is 22.8 Å². The van der Waals surface area contributed by atoms with Gasteiger partial charge >= 0.3 is 0 Å². The van der Waals surface area contributed by atoms with Gasteiger partial charge in [0.15, 0.2) is 5.11 Å². The van der Waals surface area contributed by atoms with Gasteiger partial charge in [-0.05, 0) is 42.5 Å². The van der Waals surface area contributed by atoms with Crippen molar-refractivity contribution >= 4 is 56.7 Å². The van der Waals surface area contributed by atoms with Crippen LogP contribution in [0.1, 0.15) is 16.8 Å². The number of hydrogen-bond acceptors (Lipinski definition) is 4. The molecular weight excluding hydrogens is 444 g/mol. The Balaban J connectivity index is 1.73. The van der Waals surface area contributed by atoms with Crippen LogP contribution in [-0.2, 0) is 9.59 Å². The zero-order chi connectivity index (χ0) is 20.3. The number of rotatable bonds is 5. The molecule has 28 heavy (non-hydrogen) atoms. The molecule has 3 rings (SSSR count). The lowest BCUT2D eigenvalue weighted by Gasteiger charge is -2.24. The van der Waals surface area contributed by atoms with E-state index < -0.39 is 11.9 Å². The molecule has 1 heterocycles. The minimum atomic E-state index is -0.919. The topological polar surface area (TPSA) is 81.8 Å². The molecule has 7 nitrogen and oxygen atoms in total. The fourth-order valence-electron chi connectivity index (χ4n) is 2.74. The van der Waals surface area contributed by atoms with Gasteiger partial charge in [0.1, 0.15) is 6.04 Å². The normalized spacial score (nSPS) is 16.3. The van der Waals surface area contributed by atoms with Gasteiger partial charge in [-0.25, -0.2) is 5.01 Å². The molecule has 1 unspecified atom stereocenters. The summed E-state index contributed by atoms with van der Waals surface area (Å²) < 4.78 is 0.819. The molecule has 3 amide bonds. The van der Waals surface area contributed by atoms with E-state index in [1.165, 1.54) is 17.0 Å². The smallest absolute Gasteiger partial charge is 0.269 e. The van der Waals surface area contributed by atoms with Gasteiger partial charge in [0.2, 0.25) is 5.91 Å². The second-order valence-electron chi connectivity index (χ2n) is 6.14. The van der Waals surface area contributed by atoms with Gasteiger partial charge < -0.3 is 5.32 Å². The number of carbonyl (C=O) groups is 3. The quantitative estimate of drug-likeness (QED) is 0.670. The van der Waals surface area contributed by atoms with Crippen molar-refractivity contribution in [1.29, 1.82) is 0 Å². The van der Waals surface area contributed by atoms with E-state index in [1.54, 1.807) is 48.5 Å². The van der Waals surface area contributed by atoms with E-state index in [0.29, 0.717) is 11.3 Å². The Bertz CT molecular complexity index is 938. The summed E-state index contributed by atoms with van der Waals surface area (Å²) in [4.78, 5) is 38.7. The average molecular weight is 461 g/mol. The maximum Gasteiger partial charge on any atom is 0.269 e. The van der Waals surface area contributed by atoms with Crippen LogP contribution in [0, 0.1) is 0 Å². The first-order valence-corrected chi connectivity index (χ1v) is 9.59. The first kappa shape index (κ1) is 20.0. The maximum atomic E-state index is 12.5. The summed E-state index contributed by atoms with van der Waals surface area (Å²) >= 11 is 8.60. The molecule has 0 saturated carbocycles. The van der Waals surface area contributed by atoms with E-state index in [4.69, 9.17) is 12.2 Å². The van der Waals surface area contributed by atoms with Crippen LogP contribution in [0.5, 0.6) is 0 Å². The molecule has 0 aliphatic carbocycles. The standard InChI is InChI=1S/C19H17BrN4O3S/c1-23-18(27)15(11-16(25)21-14-9-5-8-13(20)10-14)24(19(23)28)22-17(26)12-6-3-2-4-7-12/h2-10,15H,11H2,1H3,(H,21,25)(H,22,26). The number of nitrogens with zero attached hydrogens (tertiary/aromatic N) is 2. The molecule has 2 N–H and O–H groups in total. The van der Waals surface area contributed by atoms with Crippen molar-refractivity contribution in [2.45, 2.75) is 12.5 Å². The van der Waals surface area contributed by atoms with Crippen LogP contribution in [0.25, 0.3) is 0 Å². The van der Waals surface area contributed by atoms with E-state index in [1.807, 2.05) is 6.07 Å². The predicted octanol–water partition coefficient (Wildman–Crippen LogP) is 2.55. The van der Waals surface area contributed by atoms with Crippen molar-refractivity contribution in [3.8, 4) is 0 Å². The number of likely N-dealkylation sites (N-methyl/N-ethyl adjacent to an activating group) is 1. The number of carbonyl (C=O) groups excluding carboxylic acids is 3. The number of hydrogen-bond donors (Lipinski definition) is 2. The summed E-state index contributed by atoms with van der Waals surface area (Å²) in [6.45, 7) is 0. The lowest BCUT2D eigenvalue weighted by molar-refractivity contribution is -0.130. The third kappa shape index (κ3) is 4.37. The Hall–Kier alpha value is -2.78. The molecule has 0 radical (unpaired) electrons. The number of benzene rings is 2. The van der Waals surface area contributed by atoms with Crippen LogP contribution >= 0.6 is 28.1 Å². The first-order valence-electron chi connectivity index (χ1n) is 8.39. The molecule has 1 saturated heterocycles. The van der Waals surface area contributed by atoms with Crippen LogP contribution in [0.3, 0.4) is 0 Å². The Morgan fingerprint density at radius 3 is 2.54 bits per heavy atom. The highest BCUT2D eigenvalue weighted by Gasteiger charge is 2.42. The number of thiocarbonyl (C=S) groups is 1. The fourth-order valence-corrected chi connectivity index (χ4v) is 3.41. The largest absolute Gasteiger partial charge is 0.326 e. The molecule has 1 aliphatic rings. The predicted molar refractivity (Wildman–Crippen MR) is 112 cm³/mol. The summed E-state index contributed by atoms with van der Waals surface area (Å²) in [5.74, 6) is -1.14. The second kappa shape index (κ2) is 8.49. The monoisotopic (exact) mass is 460 g/mol. The summed E-state index contributed by atoms with van der Waals surface area (Å²) in [6.07, 6.45) is -0.162. The van der Waals surface area contributed by atoms with E-state index in [9.17, 15) is 14.4 Å². The molecule has 0 spiro atoms. The number of nitrogens with one attached hydrogen (secondary N) is 2. The highest BCUT2D eigenvalue weighted by Crippen LogP contribution is 2.20. The van der Waals surface area contributed by atoms with Gasteiger partial charge in [-0.1, -0.05) is 40.2 Å². The van der Waals surface area contributed by atoms with Crippen LogP contribution in [0.4, 0.5) is 5.69 Å². The molecule has 9 heteroatoms. The van der Waals surface area contributed by atoms with Crippen molar-refractivity contribution in [1.82, 2.24) is 15.3 Å². The molecule has 0 aromatic heterocycles. The van der Waals surface area contributed by atoms with Crippen molar-refractivity contribution in [2.75, 3.05) is 12.4 Å². The summed E-state index contributed by atoms with van der Waals surface area (Å²) in [5, 5.41) is 4.15. The third-order valence-corrected chi connectivity index (χ3v) is 5.13. The number of amides is 3. The van der Waals surface area contributed by atoms with Crippen molar-refractivity contribution in [2.24, 2.45) is 0 Å². The van der Waals surface area contributed by atoms with Crippen molar-refractivity contribution in [3.63, 3.8) is 0 Å². The SMILES string of the molecule is CN1C(=O)C(CC(=O)Nc2cccc(Br)c2)N(NC(=O)c2ccccc2)C1=S. The van der Waals surface area contributed by atoms with E-state index in [0.717, 1.165) is 4.47 Å². The minimum Gasteiger partial charge on any atom is -0.326 e. The van der Waals surface area contributed by atoms with Crippen LogP contribution in [0.15, 0.2) is 59.1 Å². The Morgan fingerprint density at radius 2 is 1.86 bits per heavy atom. The number of hydrazine groups is 1. The van der Waals surface area contributed by atoms with Crippen LogP contribution in [0.2, 0.25) is 0 Å². The number of anilines is 1. The average Bonchev–Trinajstić information content (AvgIpc) is 2.87. The molecule has 1 atom stereocenters. The Morgan fingerprint density at radius 1 is 1.14 bits per heavy atom. The zero-order valence-electron chi connectivity index (χ0n) is 14.9. The molecule has 1 fully saturated rings. The van der Waals surface area contributed by atoms with Gasteiger partial charge in [-0.3, -0.25) is 24.7 Å². The second-order valence-corrected chi connectivity index (χ2v) is 7.42. The Labute approximate surface area is 175 Å². The van der Waals surface area contributed by atoms with Gasteiger partial charge in [0.05, 0.1) is 6.42 Å². The Kier molecular flexibility index (Phi) is 6.05. The minimum absolute atomic E-state index is 0.134. The summed E-state index contributed by atoms with van der Waals surface area (Å²) in [5.41, 5.74) is 3.66. The molecule has 144 valence electrons. The van der Waals surface area contributed by atoms with Gasteiger partial charge in [0.25, 0.3) is 11.8 Å². The van der Waals surface area contributed by atoms with Gasteiger partial charge in [-0.2, -0.15) is 0 Å². The first-order chi connectivity index (χ1) is 13.4. The zero-order valence-corrected chi connectivity index (χ0v) is 17.3. The van der Waals surface area contributed by atoms with Crippen LogP contribution < -0.4 is 10.7 Å². The lowest BCUT2D eigenvalue weighted by Crippen LogP contribution is -2.49. The summed E-state index contributed by atoms with van der Waals surface area (Å²) in [7, 11) is 1.51. The van der Waals surface area contributed by atoms with Gasteiger partial charge in [-0.15, -0.1) is 0 Å². The lowest BCUT2D eigenvalue weighted by atomic mass is 10.2.